The van der Waals surface area contributed by atoms with E-state index in [0.717, 1.165) is 32.7 Å². The van der Waals surface area contributed by atoms with E-state index >= 15 is 0 Å². The van der Waals surface area contributed by atoms with Gasteiger partial charge < -0.3 is 14.4 Å². The van der Waals surface area contributed by atoms with Crippen molar-refractivity contribution in [1.29, 1.82) is 0 Å². The molecule has 1 aliphatic rings. The predicted molar refractivity (Wildman–Crippen MR) is 119 cm³/mol. The molecule has 0 radical (unpaired) electrons. The Morgan fingerprint density at radius 3 is 2.47 bits per heavy atom. The Balaban J connectivity index is 1.40. The van der Waals surface area contributed by atoms with E-state index in [4.69, 9.17) is 9.47 Å². The van der Waals surface area contributed by atoms with Crippen LogP contribution in [-0.4, -0.2) is 55.6 Å². The highest BCUT2D eigenvalue weighted by molar-refractivity contribution is 5.95. The number of amides is 1. The van der Waals surface area contributed by atoms with Gasteiger partial charge in [0.15, 0.2) is 11.5 Å². The molecule has 0 N–H and O–H groups in total. The summed E-state index contributed by atoms with van der Waals surface area (Å²) in [6.45, 7) is 6.52. The molecule has 5 heteroatoms. The van der Waals surface area contributed by atoms with Crippen molar-refractivity contribution in [3.63, 3.8) is 0 Å². The summed E-state index contributed by atoms with van der Waals surface area (Å²) in [4.78, 5) is 17.4. The molecule has 0 saturated carbocycles. The summed E-state index contributed by atoms with van der Waals surface area (Å²) < 4.78 is 10.9. The predicted octanol–water partition coefficient (Wildman–Crippen LogP) is 4.21. The molecule has 0 spiro atoms. The standard InChI is InChI=1S/C25H28N2O3/c1-3-30-24-17-20(11-12-23(24)29-2)25(28)27-15-13-26(14-16-27)18-21-9-6-8-19-7-4-5-10-22(19)21/h4-12,17H,3,13-16,18H2,1-2H3. The number of nitrogens with zero attached hydrogens (tertiary/aromatic N) is 2. The van der Waals surface area contributed by atoms with Crippen LogP contribution in [0.3, 0.4) is 0 Å². The van der Waals surface area contributed by atoms with Crippen molar-refractivity contribution in [2.24, 2.45) is 0 Å². The van der Waals surface area contributed by atoms with E-state index in [1.807, 2.05) is 17.9 Å². The SMILES string of the molecule is CCOc1cc(C(=O)N2CCN(Cc3cccc4ccccc34)CC2)ccc1OC. The topological polar surface area (TPSA) is 42.0 Å². The number of methoxy groups -OCH3 is 1. The van der Waals surface area contributed by atoms with E-state index in [-0.39, 0.29) is 5.91 Å². The van der Waals surface area contributed by atoms with Gasteiger partial charge >= 0.3 is 0 Å². The quantitative estimate of drug-likeness (QED) is 0.617. The molecule has 4 rings (SSSR count). The van der Waals surface area contributed by atoms with Crippen LogP contribution in [0, 0.1) is 0 Å². The number of fused-ring (bicyclic) bond motifs is 1. The fraction of sp³-hybridized carbons (Fsp3) is 0.320. The van der Waals surface area contributed by atoms with E-state index in [1.54, 1.807) is 19.2 Å². The molecule has 0 aliphatic carbocycles. The number of rotatable bonds is 6. The highest BCUT2D eigenvalue weighted by Crippen LogP contribution is 2.29. The first-order valence-corrected chi connectivity index (χ1v) is 10.5. The highest BCUT2D eigenvalue weighted by Gasteiger charge is 2.23. The number of piperazine rings is 1. The van der Waals surface area contributed by atoms with Crippen LogP contribution in [0.5, 0.6) is 11.5 Å². The van der Waals surface area contributed by atoms with Gasteiger partial charge in [-0.25, -0.2) is 0 Å². The van der Waals surface area contributed by atoms with Crippen molar-refractivity contribution >= 4 is 16.7 Å². The summed E-state index contributed by atoms with van der Waals surface area (Å²) in [7, 11) is 1.61. The maximum absolute atomic E-state index is 13.0. The van der Waals surface area contributed by atoms with Gasteiger partial charge in [-0.2, -0.15) is 0 Å². The third kappa shape index (κ3) is 4.26. The zero-order chi connectivity index (χ0) is 20.9. The summed E-state index contributed by atoms with van der Waals surface area (Å²) >= 11 is 0. The maximum atomic E-state index is 13.0. The lowest BCUT2D eigenvalue weighted by molar-refractivity contribution is 0.0628. The minimum absolute atomic E-state index is 0.0448. The third-order valence-corrected chi connectivity index (χ3v) is 5.64. The van der Waals surface area contributed by atoms with Crippen LogP contribution in [0.15, 0.2) is 60.7 Å². The van der Waals surface area contributed by atoms with E-state index in [9.17, 15) is 4.79 Å². The molecular weight excluding hydrogens is 376 g/mol. The molecule has 3 aromatic carbocycles. The van der Waals surface area contributed by atoms with Crippen LogP contribution < -0.4 is 9.47 Å². The first kappa shape index (κ1) is 20.2. The van der Waals surface area contributed by atoms with Gasteiger partial charge in [0, 0.05) is 38.3 Å². The zero-order valence-electron chi connectivity index (χ0n) is 17.6. The monoisotopic (exact) mass is 404 g/mol. The number of carbonyl (C=O) groups is 1. The molecule has 0 atom stereocenters. The molecule has 1 aliphatic heterocycles. The molecule has 0 aromatic heterocycles. The molecule has 1 fully saturated rings. The summed E-state index contributed by atoms with van der Waals surface area (Å²) in [5, 5.41) is 2.58. The summed E-state index contributed by atoms with van der Waals surface area (Å²) in [6, 6.07) is 20.4. The molecule has 0 unspecified atom stereocenters. The zero-order valence-corrected chi connectivity index (χ0v) is 17.6. The van der Waals surface area contributed by atoms with Crippen LogP contribution in [0.4, 0.5) is 0 Å². The number of hydrogen-bond acceptors (Lipinski definition) is 4. The lowest BCUT2D eigenvalue weighted by atomic mass is 10.0. The average Bonchev–Trinajstić information content (AvgIpc) is 2.79. The molecule has 0 bridgehead atoms. The van der Waals surface area contributed by atoms with Gasteiger partial charge in [0.25, 0.3) is 5.91 Å². The molecule has 1 saturated heterocycles. The van der Waals surface area contributed by atoms with Gasteiger partial charge in [0.05, 0.1) is 13.7 Å². The van der Waals surface area contributed by atoms with E-state index in [0.29, 0.717) is 23.7 Å². The second-order valence-corrected chi connectivity index (χ2v) is 7.51. The fourth-order valence-corrected chi connectivity index (χ4v) is 4.04. The summed E-state index contributed by atoms with van der Waals surface area (Å²) in [6.07, 6.45) is 0. The molecule has 30 heavy (non-hydrogen) atoms. The molecule has 3 aromatic rings. The smallest absolute Gasteiger partial charge is 0.254 e. The average molecular weight is 405 g/mol. The fourth-order valence-electron chi connectivity index (χ4n) is 4.04. The number of hydrogen-bond donors (Lipinski definition) is 0. The van der Waals surface area contributed by atoms with Crippen LogP contribution in [0.25, 0.3) is 10.8 Å². The largest absolute Gasteiger partial charge is 0.493 e. The lowest BCUT2D eigenvalue weighted by Gasteiger charge is -2.35. The first-order chi connectivity index (χ1) is 14.7. The van der Waals surface area contributed by atoms with Crippen molar-refractivity contribution in [1.82, 2.24) is 9.80 Å². The molecular formula is C25H28N2O3. The minimum atomic E-state index is 0.0448. The Kier molecular flexibility index (Phi) is 6.19. The van der Waals surface area contributed by atoms with Crippen molar-refractivity contribution in [3.05, 3.63) is 71.8 Å². The van der Waals surface area contributed by atoms with Crippen molar-refractivity contribution in [3.8, 4) is 11.5 Å². The number of benzene rings is 3. The van der Waals surface area contributed by atoms with Gasteiger partial charge in [0.2, 0.25) is 0 Å². The first-order valence-electron chi connectivity index (χ1n) is 10.5. The molecule has 156 valence electrons. The van der Waals surface area contributed by atoms with Gasteiger partial charge in [-0.3, -0.25) is 9.69 Å². The van der Waals surface area contributed by atoms with Gasteiger partial charge in [-0.05, 0) is 41.5 Å². The van der Waals surface area contributed by atoms with E-state index in [2.05, 4.69) is 47.4 Å². The second kappa shape index (κ2) is 9.18. The molecule has 1 heterocycles. The van der Waals surface area contributed by atoms with Crippen LogP contribution in [-0.2, 0) is 6.54 Å². The van der Waals surface area contributed by atoms with Crippen LogP contribution >= 0.6 is 0 Å². The van der Waals surface area contributed by atoms with Gasteiger partial charge in [-0.1, -0.05) is 42.5 Å². The lowest BCUT2D eigenvalue weighted by Crippen LogP contribution is -2.48. The van der Waals surface area contributed by atoms with E-state index < -0.39 is 0 Å². The third-order valence-electron chi connectivity index (χ3n) is 5.64. The Morgan fingerprint density at radius 1 is 0.933 bits per heavy atom. The Bertz CT molecular complexity index is 1020. The summed E-state index contributed by atoms with van der Waals surface area (Å²) in [5.41, 5.74) is 1.98. The van der Waals surface area contributed by atoms with Gasteiger partial charge in [-0.15, -0.1) is 0 Å². The Hall–Kier alpha value is -3.05. The molecule has 5 nitrogen and oxygen atoms in total. The minimum Gasteiger partial charge on any atom is -0.493 e. The maximum Gasteiger partial charge on any atom is 0.254 e. The summed E-state index contributed by atoms with van der Waals surface area (Å²) in [5.74, 6) is 1.30. The Morgan fingerprint density at radius 2 is 1.70 bits per heavy atom. The van der Waals surface area contributed by atoms with Crippen molar-refractivity contribution in [2.45, 2.75) is 13.5 Å². The van der Waals surface area contributed by atoms with Crippen LogP contribution in [0.1, 0.15) is 22.8 Å². The normalized spacial score (nSPS) is 14.7. The van der Waals surface area contributed by atoms with E-state index in [1.165, 1.54) is 16.3 Å². The number of carbonyl (C=O) groups excluding carboxylic acids is 1. The van der Waals surface area contributed by atoms with Crippen molar-refractivity contribution < 1.29 is 14.3 Å². The Labute approximate surface area is 177 Å². The highest BCUT2D eigenvalue weighted by atomic mass is 16.5. The van der Waals surface area contributed by atoms with Crippen molar-refractivity contribution in [2.75, 3.05) is 39.9 Å². The second-order valence-electron chi connectivity index (χ2n) is 7.51. The van der Waals surface area contributed by atoms with Gasteiger partial charge in [0.1, 0.15) is 0 Å². The number of ether oxygens (including phenoxy) is 2. The van der Waals surface area contributed by atoms with Crippen LogP contribution in [0.2, 0.25) is 0 Å². The molecule has 1 amide bonds.